The molecule has 3 N–H and O–H groups in total. The fourth-order valence-corrected chi connectivity index (χ4v) is 4.84. The van der Waals surface area contributed by atoms with Crippen molar-refractivity contribution < 1.29 is 9.59 Å². The Kier molecular flexibility index (Phi) is 13.8. The second-order valence-corrected chi connectivity index (χ2v) is 9.88. The summed E-state index contributed by atoms with van der Waals surface area (Å²) in [6, 6.07) is 0. The number of likely N-dealkylation sites (tertiary alicyclic amines) is 2. The van der Waals surface area contributed by atoms with Crippen LogP contribution in [0.25, 0.3) is 6.08 Å². The Morgan fingerprint density at radius 3 is 1.97 bits per heavy atom. The first-order valence-electron chi connectivity index (χ1n) is 12.5. The van der Waals surface area contributed by atoms with Crippen LogP contribution in [-0.4, -0.2) is 76.5 Å². The first-order valence-corrected chi connectivity index (χ1v) is 12.5. The minimum absolute atomic E-state index is 0. The predicted octanol–water partition coefficient (Wildman–Crippen LogP) is 3.25. The van der Waals surface area contributed by atoms with Crippen molar-refractivity contribution in [2.75, 3.05) is 40.3 Å². The Bertz CT molecular complexity index is 863. The molecule has 1 unspecified atom stereocenters. The molecule has 1 amide bonds. The number of aromatic nitrogens is 3. The van der Waals surface area contributed by atoms with Crippen molar-refractivity contribution in [1.29, 1.82) is 0 Å². The van der Waals surface area contributed by atoms with Crippen LogP contribution in [0, 0.1) is 11.8 Å². The summed E-state index contributed by atoms with van der Waals surface area (Å²) in [6.07, 6.45) is 14.5. The summed E-state index contributed by atoms with van der Waals surface area (Å²) in [6.45, 7) is 7.14. The number of piperidine rings is 2. The number of hydrogen-bond donors (Lipinski definition) is 2. The van der Waals surface area contributed by atoms with Gasteiger partial charge in [-0.2, -0.15) is 0 Å². The number of rotatable bonds is 5. The number of Topliss-reactive ketones (excluding diaryl/α,β-unsaturated/α-hetero) is 1. The first-order chi connectivity index (χ1) is 16.4. The number of amides is 1. The second kappa shape index (κ2) is 15.7. The van der Waals surface area contributed by atoms with Gasteiger partial charge in [-0.1, -0.05) is 27.0 Å². The summed E-state index contributed by atoms with van der Waals surface area (Å²) in [7, 11) is 4.29. The van der Waals surface area contributed by atoms with E-state index in [4.69, 9.17) is 5.84 Å². The molecule has 2 fully saturated rings. The number of fused-ring (bicyclic) bond motifs is 1. The maximum Gasteiger partial charge on any atom is 0.257 e. The van der Waals surface area contributed by atoms with E-state index in [2.05, 4.69) is 56.2 Å². The van der Waals surface area contributed by atoms with Crippen LogP contribution < -0.4 is 11.3 Å². The van der Waals surface area contributed by atoms with E-state index in [1.807, 2.05) is 6.08 Å². The van der Waals surface area contributed by atoms with Crippen molar-refractivity contribution in [3.8, 4) is 0 Å². The van der Waals surface area contributed by atoms with Gasteiger partial charge in [-0.15, -0.1) is 10.2 Å². The zero-order chi connectivity index (χ0) is 24.5. The summed E-state index contributed by atoms with van der Waals surface area (Å²) in [5, 5.41) is 8.56. The van der Waals surface area contributed by atoms with E-state index in [-0.39, 0.29) is 32.5 Å². The normalized spacial score (nSPS) is 21.7. The Morgan fingerprint density at radius 1 is 0.889 bits per heavy atom. The average Bonchev–Trinajstić information content (AvgIpc) is 3.26. The third-order valence-corrected chi connectivity index (χ3v) is 7.19. The van der Waals surface area contributed by atoms with Gasteiger partial charge in [0, 0.05) is 12.6 Å². The lowest BCUT2D eigenvalue weighted by Crippen LogP contribution is -2.30. The van der Waals surface area contributed by atoms with Gasteiger partial charge in [0.15, 0.2) is 5.82 Å². The minimum atomic E-state index is -0.223. The van der Waals surface area contributed by atoms with Gasteiger partial charge in [-0.05, 0) is 104 Å². The van der Waals surface area contributed by atoms with Crippen LogP contribution >= 0.6 is 0 Å². The van der Waals surface area contributed by atoms with Crippen molar-refractivity contribution in [3.63, 3.8) is 0 Å². The molecule has 2 saturated heterocycles. The Labute approximate surface area is 218 Å². The molecule has 0 saturated carbocycles. The van der Waals surface area contributed by atoms with E-state index in [9.17, 15) is 9.59 Å². The number of hydrazine groups is 1. The molecular weight excluding hydrogens is 454 g/mol. The highest BCUT2D eigenvalue weighted by atomic mass is 16.2. The second-order valence-electron chi connectivity index (χ2n) is 9.88. The summed E-state index contributed by atoms with van der Waals surface area (Å²) in [5.74, 6) is 7.82. The zero-order valence-corrected chi connectivity index (χ0v) is 20.9. The largest absolute Gasteiger partial charge is 0.311 e. The number of nitrogens with one attached hydrogen (secondary N) is 1. The Balaban J connectivity index is 0.000000378. The van der Waals surface area contributed by atoms with Gasteiger partial charge in [0.2, 0.25) is 0 Å². The molecule has 0 spiro atoms. The number of carbonyl (C=O) groups is 2. The van der Waals surface area contributed by atoms with E-state index >= 15 is 0 Å². The lowest BCUT2D eigenvalue weighted by atomic mass is 9.95. The molecule has 0 aliphatic carbocycles. The summed E-state index contributed by atoms with van der Waals surface area (Å²) in [4.78, 5) is 27.2. The first kappa shape index (κ1) is 31.7. The fourth-order valence-electron chi connectivity index (χ4n) is 4.84. The molecule has 9 nitrogen and oxygen atoms in total. The highest BCUT2D eigenvalue weighted by molar-refractivity contribution is 5.86. The monoisotopic (exact) mass is 503 g/mol. The number of nitrogens with zero attached hydrogens (tertiary/aromatic N) is 5. The van der Waals surface area contributed by atoms with Crippen LogP contribution in [0.1, 0.15) is 77.9 Å². The zero-order valence-electron chi connectivity index (χ0n) is 20.9. The smallest absolute Gasteiger partial charge is 0.257 e. The molecule has 1 atom stereocenters. The molecule has 0 bridgehead atoms. The van der Waals surface area contributed by atoms with Crippen LogP contribution in [0.2, 0.25) is 0 Å². The van der Waals surface area contributed by atoms with Gasteiger partial charge in [0.1, 0.15) is 11.6 Å². The SMILES string of the molecule is C.C.CC(=O)C1CCCn2c(/C=C/C3CCN(C)CC3)nnc21.CN1CCC(/C=C/C(=O)NN)CC1. The average molecular weight is 504 g/mol. The van der Waals surface area contributed by atoms with Gasteiger partial charge in [-0.25, -0.2) is 5.84 Å². The van der Waals surface area contributed by atoms with E-state index < -0.39 is 0 Å². The molecule has 3 aliphatic rings. The van der Waals surface area contributed by atoms with Crippen molar-refractivity contribution in [2.45, 2.75) is 72.8 Å². The predicted molar refractivity (Wildman–Crippen MR) is 147 cm³/mol. The number of carbonyl (C=O) groups excluding carboxylic acids is 2. The lowest BCUT2D eigenvalue weighted by Gasteiger charge is -2.27. The maximum absolute atomic E-state index is 11.7. The van der Waals surface area contributed by atoms with Gasteiger partial charge < -0.3 is 14.4 Å². The minimum Gasteiger partial charge on any atom is -0.311 e. The summed E-state index contributed by atoms with van der Waals surface area (Å²) >= 11 is 0. The highest BCUT2D eigenvalue weighted by Gasteiger charge is 2.27. The van der Waals surface area contributed by atoms with Crippen molar-refractivity contribution in [3.05, 3.63) is 29.9 Å². The van der Waals surface area contributed by atoms with E-state index in [0.29, 0.717) is 11.8 Å². The fraction of sp³-hybridized carbons (Fsp3) is 0.704. The van der Waals surface area contributed by atoms with Gasteiger partial charge in [-0.3, -0.25) is 15.0 Å². The van der Waals surface area contributed by atoms with Crippen molar-refractivity contribution >= 4 is 17.8 Å². The number of ketones is 1. The van der Waals surface area contributed by atoms with Crippen LogP contribution in [0.15, 0.2) is 18.2 Å². The standard InChI is InChI=1S/C16H24N4O.C9H17N3O.2CH4/c1-12(21)14-4-3-9-20-15(17-18-16(14)20)6-5-13-7-10-19(2)11-8-13;1-12-6-4-8(5-7-12)2-3-9(13)11-10;;/h5-6,13-14H,3-4,7-11H2,1-2H3;2-3,8H,4-7,10H2,1H3,(H,11,13);2*1H4/b6-5+;3-2+;;. The molecule has 4 rings (SSSR count). The molecule has 0 aromatic carbocycles. The summed E-state index contributed by atoms with van der Waals surface area (Å²) in [5.41, 5.74) is 2.08. The molecule has 204 valence electrons. The Hall–Kier alpha value is -2.36. The van der Waals surface area contributed by atoms with Crippen LogP contribution in [0.3, 0.4) is 0 Å². The lowest BCUT2D eigenvalue weighted by molar-refractivity contribution is -0.119. The maximum atomic E-state index is 11.7. The van der Waals surface area contributed by atoms with Gasteiger partial charge >= 0.3 is 0 Å². The summed E-state index contributed by atoms with van der Waals surface area (Å²) < 4.78 is 2.13. The van der Waals surface area contributed by atoms with E-state index in [1.165, 1.54) is 32.0 Å². The molecule has 36 heavy (non-hydrogen) atoms. The van der Waals surface area contributed by atoms with Crippen molar-refractivity contribution in [2.24, 2.45) is 17.7 Å². The number of hydrogen-bond acceptors (Lipinski definition) is 7. The highest BCUT2D eigenvalue weighted by Crippen LogP contribution is 2.28. The molecular formula is C27H49N7O2. The number of nitrogens with two attached hydrogens (primary N) is 1. The third-order valence-electron chi connectivity index (χ3n) is 7.19. The topological polar surface area (TPSA) is 109 Å². The molecule has 1 aromatic heterocycles. The molecule has 3 aliphatic heterocycles. The quantitative estimate of drug-likeness (QED) is 0.275. The van der Waals surface area contributed by atoms with Gasteiger partial charge in [0.25, 0.3) is 5.91 Å². The molecule has 1 aromatic rings. The van der Waals surface area contributed by atoms with Crippen LogP contribution in [-0.2, 0) is 16.1 Å². The van der Waals surface area contributed by atoms with Gasteiger partial charge in [0.05, 0.1) is 5.92 Å². The number of allylic oxidation sites excluding steroid dienone is 2. The van der Waals surface area contributed by atoms with Crippen LogP contribution in [0.5, 0.6) is 0 Å². The van der Waals surface area contributed by atoms with Crippen molar-refractivity contribution in [1.82, 2.24) is 30.0 Å². The molecule has 4 heterocycles. The van der Waals surface area contributed by atoms with E-state index in [1.54, 1.807) is 6.92 Å². The van der Waals surface area contributed by atoms with Crippen LogP contribution in [0.4, 0.5) is 0 Å². The molecule has 9 heteroatoms. The molecule has 0 radical (unpaired) electrons. The van der Waals surface area contributed by atoms with E-state index in [0.717, 1.165) is 57.0 Å². The third kappa shape index (κ3) is 9.26. The Morgan fingerprint density at radius 2 is 1.44 bits per heavy atom.